The lowest BCUT2D eigenvalue weighted by atomic mass is 10.1. The average molecular weight is 276 g/mol. The van der Waals surface area contributed by atoms with Gasteiger partial charge in [-0.3, -0.25) is 4.79 Å². The van der Waals surface area contributed by atoms with Crippen LogP contribution in [0, 0.1) is 0 Å². The van der Waals surface area contributed by atoms with Gasteiger partial charge in [0.2, 0.25) is 0 Å². The van der Waals surface area contributed by atoms with Crippen LogP contribution >= 0.6 is 0 Å². The van der Waals surface area contributed by atoms with Gasteiger partial charge >= 0.3 is 5.97 Å². The van der Waals surface area contributed by atoms with Gasteiger partial charge in [-0.15, -0.1) is 0 Å². The number of hydrogen-bond acceptors (Lipinski definition) is 3. The molecule has 0 radical (unpaired) electrons. The maximum absolute atomic E-state index is 9.44. The van der Waals surface area contributed by atoms with Crippen molar-refractivity contribution in [1.29, 1.82) is 0 Å². The van der Waals surface area contributed by atoms with Gasteiger partial charge in [0.05, 0.1) is 13.0 Å². The van der Waals surface area contributed by atoms with Gasteiger partial charge in [-0.05, 0) is 6.42 Å². The third-order valence-corrected chi connectivity index (χ3v) is 2.84. The molecule has 0 aliphatic rings. The highest BCUT2D eigenvalue weighted by molar-refractivity contribution is 5.66. The number of hydrogen-bond donors (Lipinski definition) is 3. The Balaban J connectivity index is 0. The van der Waals surface area contributed by atoms with Crippen LogP contribution < -0.4 is 0 Å². The molecule has 0 atom stereocenters. The number of rotatable bonds is 12. The van der Waals surface area contributed by atoms with Gasteiger partial charge in [-0.25, -0.2) is 0 Å². The molecule has 0 amide bonds. The van der Waals surface area contributed by atoms with Crippen LogP contribution in [-0.4, -0.2) is 34.5 Å². The molecule has 0 bridgehead atoms. The van der Waals surface area contributed by atoms with Crippen LogP contribution in [0.4, 0.5) is 0 Å². The topological polar surface area (TPSA) is 77.8 Å². The molecule has 4 nitrogen and oxygen atoms in total. The van der Waals surface area contributed by atoms with E-state index in [4.69, 9.17) is 15.3 Å². The predicted octanol–water partition coefficient (Wildman–Crippen LogP) is 3.35. The molecule has 0 rings (SSSR count). The van der Waals surface area contributed by atoms with Crippen molar-refractivity contribution in [2.24, 2.45) is 0 Å². The summed E-state index contributed by atoms with van der Waals surface area (Å²) in [5.41, 5.74) is 0. The predicted molar refractivity (Wildman–Crippen MR) is 78.3 cm³/mol. The zero-order chi connectivity index (χ0) is 14.8. The van der Waals surface area contributed by atoms with Crippen molar-refractivity contribution in [1.82, 2.24) is 0 Å². The third kappa shape index (κ3) is 26.8. The molecule has 0 aliphatic carbocycles. The number of unbranched alkanes of at least 4 members (excludes halogenated alkanes) is 9. The van der Waals surface area contributed by atoms with E-state index in [0.717, 1.165) is 6.42 Å². The van der Waals surface area contributed by atoms with E-state index in [2.05, 4.69) is 6.92 Å². The van der Waals surface area contributed by atoms with Gasteiger partial charge in [0.25, 0.3) is 0 Å². The molecular formula is C15H32O4. The van der Waals surface area contributed by atoms with Crippen LogP contribution in [0.3, 0.4) is 0 Å². The first kappa shape index (κ1) is 20.7. The Labute approximate surface area is 117 Å². The Bertz CT molecular complexity index is 162. The molecule has 0 aromatic carbocycles. The molecule has 0 saturated carbocycles. The molecule has 0 unspecified atom stereocenters. The lowest BCUT2D eigenvalue weighted by Crippen LogP contribution is -1.96. The monoisotopic (exact) mass is 276 g/mol. The first-order valence-electron chi connectivity index (χ1n) is 7.62. The van der Waals surface area contributed by atoms with E-state index in [-0.39, 0.29) is 13.0 Å². The molecular weight excluding hydrogens is 244 g/mol. The number of aliphatic hydroxyl groups is 2. The summed E-state index contributed by atoms with van der Waals surface area (Å²) in [6.07, 6.45) is 13.2. The van der Waals surface area contributed by atoms with Gasteiger partial charge in [-0.2, -0.15) is 0 Å². The van der Waals surface area contributed by atoms with Gasteiger partial charge in [0, 0.05) is 6.61 Å². The minimum atomic E-state index is -0.961. The second-order valence-corrected chi connectivity index (χ2v) is 4.77. The fraction of sp³-hybridized carbons (Fsp3) is 0.933. The van der Waals surface area contributed by atoms with Crippen molar-refractivity contribution >= 4 is 5.97 Å². The van der Waals surface area contributed by atoms with Crippen molar-refractivity contribution in [3.05, 3.63) is 0 Å². The molecule has 0 saturated heterocycles. The van der Waals surface area contributed by atoms with E-state index < -0.39 is 5.97 Å². The first-order chi connectivity index (χ1) is 9.18. The zero-order valence-electron chi connectivity index (χ0n) is 12.4. The summed E-state index contributed by atoms with van der Waals surface area (Å²) < 4.78 is 0. The fourth-order valence-corrected chi connectivity index (χ4v) is 1.69. The summed E-state index contributed by atoms with van der Waals surface area (Å²) in [4.78, 5) is 9.44. The van der Waals surface area contributed by atoms with E-state index >= 15 is 0 Å². The van der Waals surface area contributed by atoms with E-state index in [1.807, 2.05) is 0 Å². The van der Waals surface area contributed by atoms with E-state index in [0.29, 0.717) is 6.61 Å². The number of carboxylic acids is 1. The quantitative estimate of drug-likeness (QED) is 0.478. The van der Waals surface area contributed by atoms with Crippen LogP contribution in [0.5, 0.6) is 0 Å². The molecule has 0 heterocycles. The molecule has 0 aromatic rings. The van der Waals surface area contributed by atoms with Gasteiger partial charge in [0.1, 0.15) is 0 Å². The van der Waals surface area contributed by atoms with Crippen molar-refractivity contribution in [3.63, 3.8) is 0 Å². The fourth-order valence-electron chi connectivity index (χ4n) is 1.69. The number of aliphatic hydroxyl groups excluding tert-OH is 2. The molecule has 116 valence electrons. The second-order valence-electron chi connectivity index (χ2n) is 4.77. The van der Waals surface area contributed by atoms with E-state index in [9.17, 15) is 4.79 Å². The zero-order valence-corrected chi connectivity index (χ0v) is 12.4. The smallest absolute Gasteiger partial charge is 0.305 e. The lowest BCUT2D eigenvalue weighted by molar-refractivity contribution is -0.137. The van der Waals surface area contributed by atoms with Gasteiger partial charge < -0.3 is 15.3 Å². The standard InChI is InChI=1S/C12H26O.C3H6O3/c1-2-3-4-5-6-7-8-9-10-11-12-13;4-2-1-3(5)6/h13H,2-12H2,1H3;4H,1-2H2,(H,5,6). The van der Waals surface area contributed by atoms with E-state index in [1.54, 1.807) is 0 Å². The molecule has 19 heavy (non-hydrogen) atoms. The lowest BCUT2D eigenvalue weighted by Gasteiger charge is -2.00. The minimum Gasteiger partial charge on any atom is -0.481 e. The van der Waals surface area contributed by atoms with Crippen LogP contribution in [0.2, 0.25) is 0 Å². The Morgan fingerprint density at radius 2 is 1.16 bits per heavy atom. The summed E-state index contributed by atoms with van der Waals surface area (Å²) >= 11 is 0. The maximum Gasteiger partial charge on any atom is 0.305 e. The van der Waals surface area contributed by atoms with Crippen LogP contribution in [-0.2, 0) is 4.79 Å². The molecule has 0 aromatic heterocycles. The van der Waals surface area contributed by atoms with E-state index in [1.165, 1.54) is 57.8 Å². The Morgan fingerprint density at radius 3 is 1.42 bits per heavy atom. The molecule has 0 aliphatic heterocycles. The van der Waals surface area contributed by atoms with Crippen LogP contribution in [0.15, 0.2) is 0 Å². The second kappa shape index (κ2) is 19.7. The molecule has 0 spiro atoms. The van der Waals surface area contributed by atoms with Gasteiger partial charge in [-0.1, -0.05) is 64.7 Å². The molecule has 4 heteroatoms. The highest BCUT2D eigenvalue weighted by Crippen LogP contribution is 2.09. The highest BCUT2D eigenvalue weighted by Gasteiger charge is 1.91. The first-order valence-corrected chi connectivity index (χ1v) is 7.62. The number of carbonyl (C=O) groups is 1. The van der Waals surface area contributed by atoms with Crippen LogP contribution in [0.25, 0.3) is 0 Å². The maximum atomic E-state index is 9.44. The molecule has 3 N–H and O–H groups in total. The molecule has 0 fully saturated rings. The van der Waals surface area contributed by atoms with Crippen molar-refractivity contribution in [3.8, 4) is 0 Å². The van der Waals surface area contributed by atoms with Crippen molar-refractivity contribution in [2.45, 2.75) is 77.6 Å². The largest absolute Gasteiger partial charge is 0.481 e. The summed E-state index contributed by atoms with van der Waals surface area (Å²) in [6.45, 7) is 2.36. The number of carboxylic acid groups (broad SMARTS) is 1. The summed E-state index contributed by atoms with van der Waals surface area (Å²) in [5.74, 6) is -0.961. The van der Waals surface area contributed by atoms with Gasteiger partial charge in [0.15, 0.2) is 0 Å². The SMILES string of the molecule is CCCCCCCCCCCCO.O=C(O)CCO. The summed E-state index contributed by atoms with van der Waals surface area (Å²) in [5, 5.41) is 24.2. The Kier molecular flexibility index (Phi) is 21.5. The Hall–Kier alpha value is -0.610. The normalized spacial score (nSPS) is 9.84. The summed E-state index contributed by atoms with van der Waals surface area (Å²) in [7, 11) is 0. The summed E-state index contributed by atoms with van der Waals surface area (Å²) in [6, 6.07) is 0. The number of aliphatic carboxylic acids is 1. The van der Waals surface area contributed by atoms with Crippen LogP contribution in [0.1, 0.15) is 77.6 Å². The van der Waals surface area contributed by atoms with Crippen molar-refractivity contribution in [2.75, 3.05) is 13.2 Å². The Morgan fingerprint density at radius 1 is 0.737 bits per heavy atom. The average Bonchev–Trinajstić information content (AvgIpc) is 2.37. The highest BCUT2D eigenvalue weighted by atomic mass is 16.4. The third-order valence-electron chi connectivity index (χ3n) is 2.84. The minimum absolute atomic E-state index is 0.153. The van der Waals surface area contributed by atoms with Crippen molar-refractivity contribution < 1.29 is 20.1 Å².